The van der Waals surface area contributed by atoms with Crippen LogP contribution in [0.15, 0.2) is 36.4 Å². The zero-order valence-electron chi connectivity index (χ0n) is 14.6. The summed E-state index contributed by atoms with van der Waals surface area (Å²) in [6.45, 7) is 6.20. The first kappa shape index (κ1) is 19.2. The van der Waals surface area contributed by atoms with Gasteiger partial charge >= 0.3 is 5.97 Å². The Bertz CT molecular complexity index is 808. The minimum absolute atomic E-state index is 0.0491. The van der Waals surface area contributed by atoms with Crippen LogP contribution in [0.1, 0.15) is 40.0 Å². The van der Waals surface area contributed by atoms with Gasteiger partial charge in [-0.25, -0.2) is 4.79 Å². The fraction of sp³-hybridized carbons (Fsp3) is 0.263. The maximum Gasteiger partial charge on any atom is 0.339 e. The van der Waals surface area contributed by atoms with Gasteiger partial charge in [-0.3, -0.25) is 0 Å². The number of rotatable bonds is 4. The summed E-state index contributed by atoms with van der Waals surface area (Å²) in [7, 11) is 1.32. The SMILES string of the molecule is COC(=O)c1cc(NC(=S)NC(C)c2ccc(C)cc2C)ccc1Cl. The average molecular weight is 377 g/mol. The molecule has 0 radical (unpaired) electrons. The Balaban J connectivity index is 2.08. The number of carbonyl (C=O) groups excluding carboxylic acids is 1. The Labute approximate surface area is 158 Å². The quantitative estimate of drug-likeness (QED) is 0.593. The lowest BCUT2D eigenvalue weighted by molar-refractivity contribution is 0.0601. The van der Waals surface area contributed by atoms with Gasteiger partial charge in [0.05, 0.1) is 23.7 Å². The molecule has 0 aliphatic rings. The molecule has 132 valence electrons. The van der Waals surface area contributed by atoms with Gasteiger partial charge < -0.3 is 15.4 Å². The summed E-state index contributed by atoms with van der Waals surface area (Å²) in [6, 6.07) is 11.4. The maximum absolute atomic E-state index is 11.7. The van der Waals surface area contributed by atoms with Crippen molar-refractivity contribution in [2.24, 2.45) is 0 Å². The Kier molecular flexibility index (Phi) is 6.39. The van der Waals surface area contributed by atoms with Crippen LogP contribution >= 0.6 is 23.8 Å². The molecule has 0 spiro atoms. The van der Waals surface area contributed by atoms with Crippen molar-refractivity contribution in [1.29, 1.82) is 0 Å². The lowest BCUT2D eigenvalue weighted by atomic mass is 10.0. The number of hydrogen-bond donors (Lipinski definition) is 2. The molecule has 0 amide bonds. The van der Waals surface area contributed by atoms with Crippen LogP contribution in [-0.4, -0.2) is 18.2 Å². The second kappa shape index (κ2) is 8.32. The first-order chi connectivity index (χ1) is 11.8. The van der Waals surface area contributed by atoms with Crippen LogP contribution in [0, 0.1) is 13.8 Å². The van der Waals surface area contributed by atoms with Crippen molar-refractivity contribution >= 4 is 40.6 Å². The van der Waals surface area contributed by atoms with Crippen LogP contribution < -0.4 is 10.6 Å². The number of hydrogen-bond acceptors (Lipinski definition) is 3. The number of thiocarbonyl (C=S) groups is 1. The van der Waals surface area contributed by atoms with Crippen molar-refractivity contribution in [2.75, 3.05) is 12.4 Å². The van der Waals surface area contributed by atoms with Crippen molar-refractivity contribution in [2.45, 2.75) is 26.8 Å². The first-order valence-electron chi connectivity index (χ1n) is 7.84. The molecule has 0 heterocycles. The van der Waals surface area contributed by atoms with Gasteiger partial charge in [0, 0.05) is 5.69 Å². The summed E-state index contributed by atoms with van der Waals surface area (Å²) in [6.07, 6.45) is 0. The highest BCUT2D eigenvalue weighted by Gasteiger charge is 2.13. The zero-order chi connectivity index (χ0) is 18.6. The van der Waals surface area contributed by atoms with Gasteiger partial charge in [0.2, 0.25) is 0 Å². The van der Waals surface area contributed by atoms with E-state index in [4.69, 9.17) is 28.6 Å². The van der Waals surface area contributed by atoms with E-state index in [1.54, 1.807) is 18.2 Å². The number of benzene rings is 2. The molecule has 0 bridgehead atoms. The summed E-state index contributed by atoms with van der Waals surface area (Å²) >= 11 is 11.4. The van der Waals surface area contributed by atoms with Crippen LogP contribution in [0.4, 0.5) is 5.69 Å². The lowest BCUT2D eigenvalue weighted by Crippen LogP contribution is -2.31. The molecule has 0 saturated heterocycles. The minimum atomic E-state index is -0.490. The Morgan fingerprint density at radius 3 is 2.56 bits per heavy atom. The molecule has 25 heavy (non-hydrogen) atoms. The first-order valence-corrected chi connectivity index (χ1v) is 8.63. The standard InChI is InChI=1S/C19H21ClN2O2S/c1-11-5-7-15(12(2)9-11)13(3)21-19(25)22-14-6-8-17(20)16(10-14)18(23)24-4/h5-10,13H,1-4H3,(H2,21,22,25). The van der Waals surface area contributed by atoms with E-state index in [2.05, 4.69) is 42.7 Å². The molecule has 6 heteroatoms. The largest absolute Gasteiger partial charge is 0.465 e. The van der Waals surface area contributed by atoms with Crippen molar-refractivity contribution in [1.82, 2.24) is 5.32 Å². The predicted octanol–water partition coefficient (Wildman–Crippen LogP) is 4.79. The van der Waals surface area contributed by atoms with E-state index in [9.17, 15) is 4.79 Å². The van der Waals surface area contributed by atoms with Crippen molar-refractivity contribution in [3.8, 4) is 0 Å². The van der Waals surface area contributed by atoms with Crippen molar-refractivity contribution < 1.29 is 9.53 Å². The van der Waals surface area contributed by atoms with Crippen LogP contribution in [0.2, 0.25) is 5.02 Å². The van der Waals surface area contributed by atoms with E-state index in [-0.39, 0.29) is 6.04 Å². The minimum Gasteiger partial charge on any atom is -0.465 e. The molecular formula is C19H21ClN2O2S. The summed E-state index contributed by atoms with van der Waals surface area (Å²) < 4.78 is 4.72. The van der Waals surface area contributed by atoms with Crippen molar-refractivity contribution in [3.63, 3.8) is 0 Å². The molecule has 0 fully saturated rings. The number of aryl methyl sites for hydroxylation is 2. The third kappa shape index (κ3) is 4.94. The van der Waals surface area contributed by atoms with Gasteiger partial charge in [0.25, 0.3) is 0 Å². The molecule has 0 aliphatic heterocycles. The number of methoxy groups -OCH3 is 1. The predicted molar refractivity (Wildman–Crippen MR) is 106 cm³/mol. The van der Waals surface area contributed by atoms with E-state index >= 15 is 0 Å². The summed E-state index contributed by atoms with van der Waals surface area (Å²) in [5.74, 6) is -0.490. The van der Waals surface area contributed by atoms with Gasteiger partial charge in [0.15, 0.2) is 5.11 Å². The van der Waals surface area contributed by atoms with Gasteiger partial charge in [-0.05, 0) is 62.3 Å². The van der Waals surface area contributed by atoms with Crippen LogP contribution in [0.3, 0.4) is 0 Å². The molecule has 2 aromatic rings. The lowest BCUT2D eigenvalue weighted by Gasteiger charge is -2.19. The zero-order valence-corrected chi connectivity index (χ0v) is 16.2. The van der Waals surface area contributed by atoms with E-state index in [0.717, 1.165) is 0 Å². The molecule has 1 unspecified atom stereocenters. The van der Waals surface area contributed by atoms with Gasteiger partial charge in [0.1, 0.15) is 0 Å². The fourth-order valence-electron chi connectivity index (χ4n) is 2.62. The van der Waals surface area contributed by atoms with E-state index < -0.39 is 5.97 Å². The third-order valence-corrected chi connectivity index (χ3v) is 4.42. The summed E-state index contributed by atoms with van der Waals surface area (Å²) in [4.78, 5) is 11.7. The number of ether oxygens (including phenoxy) is 1. The topological polar surface area (TPSA) is 50.4 Å². The van der Waals surface area contributed by atoms with E-state index in [1.807, 2.05) is 6.92 Å². The Morgan fingerprint density at radius 1 is 1.20 bits per heavy atom. The Morgan fingerprint density at radius 2 is 1.92 bits per heavy atom. The fourth-order valence-corrected chi connectivity index (χ4v) is 3.11. The number of nitrogens with one attached hydrogen (secondary N) is 2. The Hall–Kier alpha value is -2.11. The van der Waals surface area contributed by atoms with Gasteiger partial charge in [-0.1, -0.05) is 35.4 Å². The number of halogens is 1. The highest BCUT2D eigenvalue weighted by atomic mass is 35.5. The van der Waals surface area contributed by atoms with Crippen LogP contribution in [-0.2, 0) is 4.74 Å². The monoisotopic (exact) mass is 376 g/mol. The molecule has 0 aliphatic carbocycles. The van der Waals surface area contributed by atoms with Crippen LogP contribution in [0.25, 0.3) is 0 Å². The van der Waals surface area contributed by atoms with Crippen LogP contribution in [0.5, 0.6) is 0 Å². The number of esters is 1. The summed E-state index contributed by atoms with van der Waals surface area (Å²) in [5, 5.41) is 7.12. The number of anilines is 1. The molecule has 0 aromatic heterocycles. The highest BCUT2D eigenvalue weighted by Crippen LogP contribution is 2.22. The second-order valence-corrected chi connectivity index (χ2v) is 6.68. The van der Waals surface area contributed by atoms with Gasteiger partial charge in [-0.2, -0.15) is 0 Å². The molecule has 0 saturated carbocycles. The van der Waals surface area contributed by atoms with Crippen molar-refractivity contribution in [3.05, 3.63) is 63.7 Å². The molecule has 2 N–H and O–H groups in total. The number of carbonyl (C=O) groups is 1. The normalized spacial score (nSPS) is 11.6. The highest BCUT2D eigenvalue weighted by molar-refractivity contribution is 7.80. The second-order valence-electron chi connectivity index (χ2n) is 5.87. The molecule has 1 atom stereocenters. The molecular weight excluding hydrogens is 356 g/mol. The molecule has 4 nitrogen and oxygen atoms in total. The third-order valence-electron chi connectivity index (χ3n) is 3.87. The maximum atomic E-state index is 11.7. The van der Waals surface area contributed by atoms with Gasteiger partial charge in [-0.15, -0.1) is 0 Å². The van der Waals surface area contributed by atoms with E-state index in [1.165, 1.54) is 23.8 Å². The molecule has 2 aromatic carbocycles. The van der Waals surface area contributed by atoms with E-state index in [0.29, 0.717) is 21.4 Å². The average Bonchev–Trinajstić information content (AvgIpc) is 2.55. The summed E-state index contributed by atoms with van der Waals surface area (Å²) in [5.41, 5.74) is 4.57. The molecule has 2 rings (SSSR count). The smallest absolute Gasteiger partial charge is 0.339 e.